The molecule has 0 spiro atoms. The Hall–Kier alpha value is -2.59. The van der Waals surface area contributed by atoms with Gasteiger partial charge in [-0.05, 0) is 52.2 Å². The largest absolute Gasteiger partial charge is 0.497 e. The van der Waals surface area contributed by atoms with Crippen molar-refractivity contribution in [3.05, 3.63) is 58.6 Å². The number of amides is 2. The van der Waals surface area contributed by atoms with Crippen LogP contribution < -0.4 is 14.4 Å². The number of carbonyl (C=O) groups is 2. The molecule has 8 nitrogen and oxygen atoms in total. The molecule has 0 aliphatic heterocycles. The van der Waals surface area contributed by atoms with Crippen LogP contribution in [0, 0.1) is 0 Å². The smallest absolute Gasteiger partial charge is 0.244 e. The summed E-state index contributed by atoms with van der Waals surface area (Å²) in [6.07, 6.45) is 1.42. The van der Waals surface area contributed by atoms with E-state index < -0.39 is 28.5 Å². The third-order valence-electron chi connectivity index (χ3n) is 4.94. The Morgan fingerprint density at radius 1 is 1.12 bits per heavy atom. The zero-order chi connectivity index (χ0) is 23.9. The minimum Gasteiger partial charge on any atom is -0.497 e. The van der Waals surface area contributed by atoms with Gasteiger partial charge in [-0.1, -0.05) is 31.2 Å². The average Bonchev–Trinajstić information content (AvgIpc) is 2.77. The zero-order valence-electron chi connectivity index (χ0n) is 18.5. The lowest BCUT2D eigenvalue weighted by Gasteiger charge is -2.32. The summed E-state index contributed by atoms with van der Waals surface area (Å²) in [7, 11) is -0.705. The van der Waals surface area contributed by atoms with Crippen LogP contribution in [0.2, 0.25) is 0 Å². The standard InChI is InChI=1S/C22H28BrN3O5S/c1-5-19(22(28)24-2)25(14-16-10-12-17(31-3)13-11-16)21(27)15-26(32(4,29)30)20-9-7-6-8-18(20)23/h6-13,19H,5,14-15H2,1-4H3,(H,24,28)/t19-/m1/s1. The monoisotopic (exact) mass is 525 g/mol. The number of nitrogens with one attached hydrogen (secondary N) is 1. The summed E-state index contributed by atoms with van der Waals surface area (Å²) in [5.74, 6) is -0.138. The van der Waals surface area contributed by atoms with Crippen molar-refractivity contribution in [2.45, 2.75) is 25.9 Å². The summed E-state index contributed by atoms with van der Waals surface area (Å²) < 4.78 is 31.8. The molecule has 1 N–H and O–H groups in total. The first-order valence-corrected chi connectivity index (χ1v) is 12.6. The molecule has 2 rings (SSSR count). The highest BCUT2D eigenvalue weighted by Crippen LogP contribution is 2.28. The summed E-state index contributed by atoms with van der Waals surface area (Å²) in [5.41, 5.74) is 1.13. The van der Waals surface area contributed by atoms with E-state index in [2.05, 4.69) is 21.2 Å². The summed E-state index contributed by atoms with van der Waals surface area (Å²) in [5, 5.41) is 2.59. The van der Waals surface area contributed by atoms with Gasteiger partial charge in [0.25, 0.3) is 0 Å². The summed E-state index contributed by atoms with van der Waals surface area (Å²) in [6.45, 7) is 1.50. The van der Waals surface area contributed by atoms with E-state index in [1.807, 2.05) is 0 Å². The molecule has 0 aliphatic rings. The molecule has 2 aromatic carbocycles. The van der Waals surface area contributed by atoms with E-state index in [1.54, 1.807) is 62.6 Å². The molecule has 1 atom stereocenters. The Kier molecular flexibility index (Phi) is 9.09. The van der Waals surface area contributed by atoms with Crippen molar-refractivity contribution in [1.29, 1.82) is 0 Å². The van der Waals surface area contributed by atoms with Crippen LogP contribution in [-0.4, -0.2) is 58.1 Å². The van der Waals surface area contributed by atoms with Gasteiger partial charge in [0.2, 0.25) is 21.8 Å². The molecule has 0 saturated carbocycles. The van der Waals surface area contributed by atoms with Crippen molar-refractivity contribution in [2.75, 3.05) is 31.3 Å². The second-order valence-electron chi connectivity index (χ2n) is 7.13. The van der Waals surface area contributed by atoms with E-state index in [9.17, 15) is 18.0 Å². The van der Waals surface area contributed by atoms with E-state index in [0.717, 1.165) is 16.1 Å². The molecular formula is C22H28BrN3O5S. The molecule has 32 heavy (non-hydrogen) atoms. The SMILES string of the molecule is CC[C@H](C(=O)NC)N(Cc1ccc(OC)cc1)C(=O)CN(c1ccccc1Br)S(C)(=O)=O. The van der Waals surface area contributed by atoms with Crippen LogP contribution in [0.3, 0.4) is 0 Å². The first-order chi connectivity index (χ1) is 15.1. The number of anilines is 1. The van der Waals surface area contributed by atoms with Gasteiger partial charge in [-0.3, -0.25) is 13.9 Å². The van der Waals surface area contributed by atoms with Crippen molar-refractivity contribution in [1.82, 2.24) is 10.2 Å². The Morgan fingerprint density at radius 2 is 1.75 bits per heavy atom. The average molecular weight is 526 g/mol. The second kappa shape index (κ2) is 11.3. The number of hydrogen-bond donors (Lipinski definition) is 1. The quantitative estimate of drug-likeness (QED) is 0.514. The van der Waals surface area contributed by atoms with Gasteiger partial charge in [0, 0.05) is 18.1 Å². The molecule has 0 heterocycles. The molecule has 0 aliphatic carbocycles. The van der Waals surface area contributed by atoms with Gasteiger partial charge < -0.3 is 15.0 Å². The van der Waals surface area contributed by atoms with Crippen molar-refractivity contribution in [2.24, 2.45) is 0 Å². The number of hydrogen-bond acceptors (Lipinski definition) is 5. The highest BCUT2D eigenvalue weighted by molar-refractivity contribution is 9.10. The summed E-state index contributed by atoms with van der Waals surface area (Å²) >= 11 is 3.35. The van der Waals surface area contributed by atoms with E-state index in [4.69, 9.17) is 4.74 Å². The summed E-state index contributed by atoms with van der Waals surface area (Å²) in [4.78, 5) is 27.4. The Balaban J connectivity index is 2.42. The van der Waals surface area contributed by atoms with Gasteiger partial charge in [0.05, 0.1) is 19.1 Å². The van der Waals surface area contributed by atoms with Crippen molar-refractivity contribution in [3.8, 4) is 5.75 Å². The Labute approximate surface area is 197 Å². The number of likely N-dealkylation sites (N-methyl/N-ethyl adjacent to an activating group) is 1. The van der Waals surface area contributed by atoms with Crippen molar-refractivity contribution >= 4 is 43.5 Å². The van der Waals surface area contributed by atoms with Crippen LogP contribution in [0.4, 0.5) is 5.69 Å². The predicted octanol–water partition coefficient (Wildman–Crippen LogP) is 2.78. The number of nitrogens with zero attached hydrogens (tertiary/aromatic N) is 2. The number of sulfonamides is 1. The van der Waals surface area contributed by atoms with Gasteiger partial charge in [-0.15, -0.1) is 0 Å². The maximum atomic E-state index is 13.4. The van der Waals surface area contributed by atoms with E-state index in [-0.39, 0.29) is 12.5 Å². The third-order valence-corrected chi connectivity index (χ3v) is 6.74. The number of para-hydroxylation sites is 1. The fraction of sp³-hybridized carbons (Fsp3) is 0.364. The minimum atomic E-state index is -3.77. The van der Waals surface area contributed by atoms with Crippen molar-refractivity contribution in [3.63, 3.8) is 0 Å². The number of halogens is 1. The third kappa shape index (κ3) is 6.46. The normalized spacial score (nSPS) is 12.0. The van der Waals surface area contributed by atoms with Gasteiger partial charge >= 0.3 is 0 Å². The van der Waals surface area contributed by atoms with Gasteiger partial charge in [0.1, 0.15) is 18.3 Å². The first-order valence-electron chi connectivity index (χ1n) is 9.98. The number of benzene rings is 2. The van der Waals surface area contributed by atoms with E-state index in [0.29, 0.717) is 22.3 Å². The Bertz CT molecular complexity index is 1040. The lowest BCUT2D eigenvalue weighted by molar-refractivity contribution is -0.140. The van der Waals surface area contributed by atoms with Gasteiger partial charge in [-0.2, -0.15) is 0 Å². The van der Waals surface area contributed by atoms with Crippen LogP contribution in [0.5, 0.6) is 5.75 Å². The maximum absolute atomic E-state index is 13.4. The molecular weight excluding hydrogens is 498 g/mol. The molecule has 0 bridgehead atoms. The molecule has 0 unspecified atom stereocenters. The van der Waals surface area contributed by atoms with Crippen LogP contribution in [0.1, 0.15) is 18.9 Å². The number of rotatable bonds is 10. The molecule has 0 aromatic heterocycles. The first kappa shape index (κ1) is 25.7. The van der Waals surface area contributed by atoms with Crippen molar-refractivity contribution < 1.29 is 22.7 Å². The van der Waals surface area contributed by atoms with Crippen LogP contribution in [0.25, 0.3) is 0 Å². The molecule has 0 saturated heterocycles. The lowest BCUT2D eigenvalue weighted by atomic mass is 10.1. The zero-order valence-corrected chi connectivity index (χ0v) is 20.9. The van der Waals surface area contributed by atoms with Gasteiger partial charge in [-0.25, -0.2) is 8.42 Å². The van der Waals surface area contributed by atoms with Crippen LogP contribution >= 0.6 is 15.9 Å². The maximum Gasteiger partial charge on any atom is 0.244 e. The van der Waals surface area contributed by atoms with E-state index >= 15 is 0 Å². The van der Waals surface area contributed by atoms with Gasteiger partial charge in [0.15, 0.2) is 0 Å². The molecule has 2 amide bonds. The lowest BCUT2D eigenvalue weighted by Crippen LogP contribution is -2.51. The highest BCUT2D eigenvalue weighted by Gasteiger charge is 2.31. The fourth-order valence-electron chi connectivity index (χ4n) is 3.26. The second-order valence-corrected chi connectivity index (χ2v) is 9.89. The van der Waals surface area contributed by atoms with E-state index in [1.165, 1.54) is 11.9 Å². The number of methoxy groups -OCH3 is 1. The topological polar surface area (TPSA) is 96.0 Å². The predicted molar refractivity (Wildman–Crippen MR) is 128 cm³/mol. The highest BCUT2D eigenvalue weighted by atomic mass is 79.9. The summed E-state index contributed by atoms with van der Waals surface area (Å²) in [6, 6.07) is 13.1. The van der Waals surface area contributed by atoms with Crippen LogP contribution in [0.15, 0.2) is 53.0 Å². The molecule has 10 heteroatoms. The number of carbonyl (C=O) groups excluding carboxylic acids is 2. The van der Waals surface area contributed by atoms with Crippen LogP contribution in [-0.2, 0) is 26.2 Å². The molecule has 174 valence electrons. The molecule has 0 fully saturated rings. The Morgan fingerprint density at radius 3 is 2.25 bits per heavy atom. The molecule has 2 aromatic rings. The number of ether oxygens (including phenoxy) is 1. The minimum absolute atomic E-state index is 0.141. The molecule has 0 radical (unpaired) electrons. The fourth-order valence-corrected chi connectivity index (χ4v) is 4.74.